The molecular formula is C6H14O4. The number of aliphatic hydroxyl groups excluding tert-OH is 2. The molecule has 0 bridgehead atoms. The molecule has 2 N–H and O–H groups in total. The highest BCUT2D eigenvalue weighted by molar-refractivity contribution is 4.73. The molecule has 0 aliphatic heterocycles. The van der Waals surface area contributed by atoms with Gasteiger partial charge in [0.25, 0.3) is 0 Å². The standard InChI is InChI=1S/C6H14O4/c1-5(8)6(4-7,9-2)10-3/h5,7-8H,4H2,1-3H3. The van der Waals surface area contributed by atoms with Gasteiger partial charge in [0.05, 0.1) is 6.61 Å². The Morgan fingerprint density at radius 2 is 1.80 bits per heavy atom. The topological polar surface area (TPSA) is 58.9 Å². The van der Waals surface area contributed by atoms with Gasteiger partial charge >= 0.3 is 0 Å². The van der Waals surface area contributed by atoms with E-state index in [0.717, 1.165) is 0 Å². The van der Waals surface area contributed by atoms with Crippen molar-refractivity contribution in [2.45, 2.75) is 18.8 Å². The first-order valence-corrected chi connectivity index (χ1v) is 3.02. The lowest BCUT2D eigenvalue weighted by atomic mass is 10.2. The van der Waals surface area contributed by atoms with Gasteiger partial charge in [-0.25, -0.2) is 0 Å². The zero-order chi connectivity index (χ0) is 8.20. The van der Waals surface area contributed by atoms with Crippen LogP contribution in [-0.4, -0.2) is 42.9 Å². The number of ether oxygens (including phenoxy) is 2. The van der Waals surface area contributed by atoms with Crippen molar-refractivity contribution >= 4 is 0 Å². The van der Waals surface area contributed by atoms with Crippen LogP contribution in [0, 0.1) is 0 Å². The van der Waals surface area contributed by atoms with E-state index in [1.54, 1.807) is 0 Å². The van der Waals surface area contributed by atoms with Crippen molar-refractivity contribution < 1.29 is 19.7 Å². The van der Waals surface area contributed by atoms with Gasteiger partial charge in [0.2, 0.25) is 5.79 Å². The van der Waals surface area contributed by atoms with Crippen LogP contribution in [0.3, 0.4) is 0 Å². The van der Waals surface area contributed by atoms with Crippen molar-refractivity contribution in [3.8, 4) is 0 Å². The van der Waals surface area contributed by atoms with Crippen molar-refractivity contribution in [1.29, 1.82) is 0 Å². The molecule has 4 heteroatoms. The summed E-state index contributed by atoms with van der Waals surface area (Å²) in [5.41, 5.74) is 0. The van der Waals surface area contributed by atoms with Gasteiger partial charge < -0.3 is 19.7 Å². The maximum atomic E-state index is 9.05. The van der Waals surface area contributed by atoms with Crippen LogP contribution < -0.4 is 0 Å². The fourth-order valence-electron chi connectivity index (χ4n) is 0.686. The molecule has 0 aliphatic rings. The first-order chi connectivity index (χ1) is 4.63. The highest BCUT2D eigenvalue weighted by Gasteiger charge is 2.34. The van der Waals surface area contributed by atoms with E-state index < -0.39 is 11.9 Å². The first kappa shape index (κ1) is 9.84. The van der Waals surface area contributed by atoms with Crippen LogP contribution in [0.15, 0.2) is 0 Å². The minimum Gasteiger partial charge on any atom is -0.391 e. The zero-order valence-electron chi connectivity index (χ0n) is 6.50. The summed E-state index contributed by atoms with van der Waals surface area (Å²) in [7, 11) is 2.74. The van der Waals surface area contributed by atoms with Crippen LogP contribution in [0.2, 0.25) is 0 Å². The van der Waals surface area contributed by atoms with E-state index in [4.69, 9.17) is 19.7 Å². The number of rotatable bonds is 4. The second-order valence-corrected chi connectivity index (χ2v) is 2.05. The lowest BCUT2D eigenvalue weighted by Gasteiger charge is -2.31. The minimum atomic E-state index is -1.26. The van der Waals surface area contributed by atoms with Gasteiger partial charge in [-0.2, -0.15) is 0 Å². The first-order valence-electron chi connectivity index (χ1n) is 3.02. The summed E-state index contributed by atoms with van der Waals surface area (Å²) >= 11 is 0. The summed E-state index contributed by atoms with van der Waals surface area (Å²) in [6, 6.07) is 0. The Kier molecular flexibility index (Phi) is 3.81. The van der Waals surface area contributed by atoms with Crippen LogP contribution >= 0.6 is 0 Å². The van der Waals surface area contributed by atoms with E-state index in [9.17, 15) is 0 Å². The second kappa shape index (κ2) is 3.88. The highest BCUT2D eigenvalue weighted by atomic mass is 16.7. The largest absolute Gasteiger partial charge is 0.391 e. The van der Waals surface area contributed by atoms with E-state index in [0.29, 0.717) is 0 Å². The molecule has 0 radical (unpaired) electrons. The van der Waals surface area contributed by atoms with E-state index in [1.807, 2.05) is 0 Å². The van der Waals surface area contributed by atoms with Crippen LogP contribution in [-0.2, 0) is 9.47 Å². The Bertz CT molecular complexity index is 79.5. The van der Waals surface area contributed by atoms with Gasteiger partial charge in [-0.05, 0) is 6.92 Å². The Hall–Kier alpha value is -0.160. The molecule has 1 atom stereocenters. The summed E-state index contributed by atoms with van der Waals surface area (Å²) in [5.74, 6) is -1.26. The molecule has 0 aromatic carbocycles. The van der Waals surface area contributed by atoms with Crippen LogP contribution in [0.5, 0.6) is 0 Å². The number of methoxy groups -OCH3 is 2. The fourth-order valence-corrected chi connectivity index (χ4v) is 0.686. The number of hydrogen-bond acceptors (Lipinski definition) is 4. The quantitative estimate of drug-likeness (QED) is 0.523. The van der Waals surface area contributed by atoms with Crippen molar-refractivity contribution in [3.63, 3.8) is 0 Å². The molecule has 0 amide bonds. The van der Waals surface area contributed by atoms with Gasteiger partial charge in [-0.15, -0.1) is 0 Å². The Balaban J connectivity index is 4.15. The van der Waals surface area contributed by atoms with Crippen molar-refractivity contribution in [2.24, 2.45) is 0 Å². The van der Waals surface area contributed by atoms with Crippen LogP contribution in [0.4, 0.5) is 0 Å². The normalized spacial score (nSPS) is 15.3. The average molecular weight is 150 g/mol. The molecule has 0 aromatic heterocycles. The van der Waals surface area contributed by atoms with E-state index in [2.05, 4.69) is 0 Å². The molecule has 0 heterocycles. The maximum absolute atomic E-state index is 9.05. The number of hydrogen-bond donors (Lipinski definition) is 2. The molecule has 10 heavy (non-hydrogen) atoms. The summed E-state index contributed by atoms with van der Waals surface area (Å²) in [4.78, 5) is 0. The van der Waals surface area contributed by atoms with Gasteiger partial charge in [-0.1, -0.05) is 0 Å². The second-order valence-electron chi connectivity index (χ2n) is 2.05. The van der Waals surface area contributed by atoms with E-state index >= 15 is 0 Å². The molecule has 0 saturated carbocycles. The molecular weight excluding hydrogens is 136 g/mol. The zero-order valence-corrected chi connectivity index (χ0v) is 6.50. The van der Waals surface area contributed by atoms with E-state index in [1.165, 1.54) is 21.1 Å². The predicted octanol–water partition coefficient (Wildman–Crippen LogP) is -0.651. The van der Waals surface area contributed by atoms with Gasteiger partial charge in [0.15, 0.2) is 0 Å². The number of aliphatic hydroxyl groups is 2. The molecule has 0 aromatic rings. The Morgan fingerprint density at radius 1 is 1.40 bits per heavy atom. The summed E-state index contributed by atoms with van der Waals surface area (Å²) in [6.45, 7) is 1.13. The van der Waals surface area contributed by atoms with Crippen molar-refractivity contribution in [1.82, 2.24) is 0 Å². The highest BCUT2D eigenvalue weighted by Crippen LogP contribution is 2.14. The smallest absolute Gasteiger partial charge is 0.217 e. The van der Waals surface area contributed by atoms with Crippen LogP contribution in [0.25, 0.3) is 0 Å². The molecule has 0 aliphatic carbocycles. The predicted molar refractivity (Wildman–Crippen MR) is 35.5 cm³/mol. The monoisotopic (exact) mass is 150 g/mol. The maximum Gasteiger partial charge on any atom is 0.217 e. The lowest BCUT2D eigenvalue weighted by molar-refractivity contribution is -0.270. The minimum absolute atomic E-state index is 0.363. The molecule has 0 rings (SSSR count). The summed E-state index contributed by atoms with van der Waals surface area (Å²) in [6.07, 6.45) is -0.854. The van der Waals surface area contributed by atoms with Crippen molar-refractivity contribution in [2.75, 3.05) is 20.8 Å². The third kappa shape index (κ3) is 1.67. The molecule has 4 nitrogen and oxygen atoms in total. The Morgan fingerprint density at radius 3 is 1.80 bits per heavy atom. The van der Waals surface area contributed by atoms with Gasteiger partial charge in [-0.3, -0.25) is 0 Å². The van der Waals surface area contributed by atoms with Gasteiger partial charge in [0.1, 0.15) is 6.10 Å². The van der Waals surface area contributed by atoms with E-state index in [-0.39, 0.29) is 6.61 Å². The third-order valence-electron chi connectivity index (χ3n) is 1.55. The third-order valence-corrected chi connectivity index (χ3v) is 1.55. The average Bonchev–Trinajstić information content (AvgIpc) is 1.92. The fraction of sp³-hybridized carbons (Fsp3) is 1.00. The summed E-state index contributed by atoms with van der Waals surface area (Å²) in [5, 5.41) is 17.8. The SMILES string of the molecule is COC(CO)(OC)C(C)O. The molecule has 1 unspecified atom stereocenters. The molecule has 0 saturated heterocycles. The summed E-state index contributed by atoms with van der Waals surface area (Å²) < 4.78 is 9.55. The molecule has 0 spiro atoms. The van der Waals surface area contributed by atoms with Crippen molar-refractivity contribution in [3.05, 3.63) is 0 Å². The van der Waals surface area contributed by atoms with Crippen LogP contribution in [0.1, 0.15) is 6.92 Å². The van der Waals surface area contributed by atoms with Gasteiger partial charge in [0, 0.05) is 14.2 Å². The molecule has 62 valence electrons. The Labute approximate surface area is 60.4 Å². The molecule has 0 fully saturated rings. The lowest BCUT2D eigenvalue weighted by Crippen LogP contribution is -2.47.